The van der Waals surface area contributed by atoms with Gasteiger partial charge in [0.2, 0.25) is 11.8 Å². The maximum absolute atomic E-state index is 13.2. The van der Waals surface area contributed by atoms with Crippen LogP contribution in [-0.2, 0) is 21.9 Å². The van der Waals surface area contributed by atoms with E-state index in [1.807, 2.05) is 12.2 Å². The van der Waals surface area contributed by atoms with Crippen LogP contribution >= 0.6 is 0 Å². The van der Waals surface area contributed by atoms with E-state index in [1.54, 1.807) is 48.5 Å². The number of pyridine rings is 2. The fourth-order valence-electron chi connectivity index (χ4n) is 6.76. The zero-order valence-corrected chi connectivity index (χ0v) is 30.2. The Morgan fingerprint density at radius 1 is 0.589 bits per heavy atom. The minimum absolute atomic E-state index is 0.00661. The van der Waals surface area contributed by atoms with Gasteiger partial charge in [-0.25, -0.2) is 9.97 Å². The third-order valence-electron chi connectivity index (χ3n) is 9.67. The van der Waals surface area contributed by atoms with Crippen LogP contribution in [0.3, 0.4) is 0 Å². The van der Waals surface area contributed by atoms with Crippen molar-refractivity contribution in [2.24, 2.45) is 0 Å². The van der Waals surface area contributed by atoms with Gasteiger partial charge in [0, 0.05) is 24.5 Å². The number of nitrogens with one attached hydrogen (secondary N) is 2. The standard InChI is InChI=1S/C40H36F6N6O4/c1-23-29(17-19-33(47-23)39(41,42)43)37(55)51-21-3-5-31(51)35(53)49-27-13-9-25(10-14-27)7-8-26-11-15-28(16-12-26)50-36(54)32-6-4-22-52(32)38(56)30-18-20-34(40(44,45)46)48-24(30)2/h7-20,31-32H,3-6,21-22H2,1-2H3,(H,49,53)(H,50,54)/b8-7+/t31-,32-/m0/s1. The van der Waals surface area contributed by atoms with Crippen molar-refractivity contribution in [3.63, 3.8) is 0 Å². The monoisotopic (exact) mass is 778 g/mol. The van der Waals surface area contributed by atoms with Crippen LogP contribution in [0.25, 0.3) is 12.2 Å². The summed E-state index contributed by atoms with van der Waals surface area (Å²) in [5.41, 5.74) is 0.296. The van der Waals surface area contributed by atoms with Gasteiger partial charge in [-0.1, -0.05) is 36.4 Å². The van der Waals surface area contributed by atoms with Gasteiger partial charge in [-0.05, 0) is 99.2 Å². The first-order valence-corrected chi connectivity index (χ1v) is 17.7. The second-order valence-electron chi connectivity index (χ2n) is 13.5. The molecule has 2 N–H and O–H groups in total. The van der Waals surface area contributed by atoms with Gasteiger partial charge >= 0.3 is 12.4 Å². The summed E-state index contributed by atoms with van der Waals surface area (Å²) in [5, 5.41) is 5.63. The Labute approximate surface area is 317 Å². The highest BCUT2D eigenvalue weighted by Gasteiger charge is 2.39. The number of hydrogen-bond acceptors (Lipinski definition) is 6. The lowest BCUT2D eigenvalue weighted by molar-refractivity contribution is -0.142. The van der Waals surface area contributed by atoms with E-state index in [2.05, 4.69) is 20.6 Å². The van der Waals surface area contributed by atoms with Gasteiger partial charge in [-0.3, -0.25) is 19.2 Å². The molecule has 2 aromatic carbocycles. The third kappa shape index (κ3) is 8.90. The van der Waals surface area contributed by atoms with E-state index >= 15 is 0 Å². The predicted molar refractivity (Wildman–Crippen MR) is 195 cm³/mol. The average Bonchev–Trinajstić information content (AvgIpc) is 3.85. The van der Waals surface area contributed by atoms with E-state index in [-0.39, 0.29) is 35.6 Å². The van der Waals surface area contributed by atoms with Crippen molar-refractivity contribution in [2.45, 2.75) is 64.0 Å². The molecular formula is C40H36F6N6O4. The molecule has 10 nitrogen and oxygen atoms in total. The lowest BCUT2D eigenvalue weighted by Crippen LogP contribution is -2.43. The van der Waals surface area contributed by atoms with Crippen LogP contribution in [0.4, 0.5) is 37.7 Å². The van der Waals surface area contributed by atoms with Gasteiger partial charge in [0.15, 0.2) is 0 Å². The van der Waals surface area contributed by atoms with Crippen molar-refractivity contribution in [3.05, 3.63) is 118 Å². The number of aromatic nitrogens is 2. The average molecular weight is 779 g/mol. The molecule has 2 aliphatic heterocycles. The molecule has 0 aliphatic carbocycles. The molecule has 2 aliphatic rings. The molecule has 2 aromatic heterocycles. The summed E-state index contributed by atoms with van der Waals surface area (Å²) in [6.07, 6.45) is -3.68. The molecule has 4 amide bonds. The fraction of sp³-hybridized carbons (Fsp3) is 0.300. The number of carbonyl (C=O) groups excluding carboxylic acids is 4. The van der Waals surface area contributed by atoms with Crippen LogP contribution in [0, 0.1) is 13.8 Å². The molecular weight excluding hydrogens is 742 g/mol. The number of likely N-dealkylation sites (tertiary alicyclic amines) is 2. The Bertz CT molecular complexity index is 2020. The summed E-state index contributed by atoms with van der Waals surface area (Å²) in [5.74, 6) is -1.94. The molecule has 2 saturated heterocycles. The number of carbonyl (C=O) groups is 4. The lowest BCUT2D eigenvalue weighted by atomic mass is 10.1. The molecule has 2 atom stereocenters. The van der Waals surface area contributed by atoms with Gasteiger partial charge in [0.1, 0.15) is 23.5 Å². The number of benzene rings is 2. The van der Waals surface area contributed by atoms with Crippen molar-refractivity contribution >= 4 is 47.2 Å². The number of rotatable bonds is 8. The van der Waals surface area contributed by atoms with Crippen LogP contribution in [0.15, 0.2) is 72.8 Å². The van der Waals surface area contributed by atoms with Gasteiger partial charge in [-0.15, -0.1) is 0 Å². The quantitative estimate of drug-likeness (QED) is 0.139. The van der Waals surface area contributed by atoms with E-state index in [0.717, 1.165) is 35.4 Å². The Morgan fingerprint density at radius 3 is 1.27 bits per heavy atom. The first kappa shape index (κ1) is 39.6. The topological polar surface area (TPSA) is 125 Å². The van der Waals surface area contributed by atoms with E-state index in [1.165, 1.54) is 23.6 Å². The number of hydrogen-bond donors (Lipinski definition) is 2. The first-order valence-electron chi connectivity index (χ1n) is 17.7. The number of anilines is 2. The molecule has 0 bridgehead atoms. The Kier molecular flexibility index (Phi) is 11.3. The number of aryl methyl sites for hydroxylation is 2. The summed E-state index contributed by atoms with van der Waals surface area (Å²) < 4.78 is 78.3. The Morgan fingerprint density at radius 2 is 0.946 bits per heavy atom. The van der Waals surface area contributed by atoms with Gasteiger partial charge in [0.25, 0.3) is 11.8 Å². The molecule has 2 fully saturated rings. The summed E-state index contributed by atoms with van der Waals surface area (Å²) in [4.78, 5) is 62.6. The molecule has 0 radical (unpaired) electrons. The zero-order chi connectivity index (χ0) is 40.4. The number of nitrogens with zero attached hydrogens (tertiary/aromatic N) is 4. The lowest BCUT2D eigenvalue weighted by Gasteiger charge is -2.24. The SMILES string of the molecule is Cc1nc(C(F)(F)F)ccc1C(=O)N1CCC[C@H]1C(=O)Nc1ccc(/C=C/c2ccc(NC(=O)[C@@H]3CCCN3C(=O)c3ccc(C(F)(F)F)nc3C)cc2)cc1. The first-order chi connectivity index (χ1) is 26.5. The second kappa shape index (κ2) is 16.0. The molecule has 16 heteroatoms. The molecule has 56 heavy (non-hydrogen) atoms. The number of alkyl halides is 6. The van der Waals surface area contributed by atoms with Crippen LogP contribution in [0.2, 0.25) is 0 Å². The fourth-order valence-corrected chi connectivity index (χ4v) is 6.76. The second-order valence-corrected chi connectivity index (χ2v) is 13.5. The zero-order valence-electron chi connectivity index (χ0n) is 30.2. The van der Waals surface area contributed by atoms with Crippen molar-refractivity contribution in [1.29, 1.82) is 0 Å². The highest BCUT2D eigenvalue weighted by molar-refractivity contribution is 6.03. The molecule has 0 spiro atoms. The molecule has 0 saturated carbocycles. The maximum Gasteiger partial charge on any atom is 0.433 e. The molecule has 292 valence electrons. The van der Waals surface area contributed by atoms with E-state index < -0.39 is 59.5 Å². The van der Waals surface area contributed by atoms with Crippen LogP contribution in [0.5, 0.6) is 0 Å². The highest BCUT2D eigenvalue weighted by atomic mass is 19.4. The summed E-state index contributed by atoms with van der Waals surface area (Å²) in [7, 11) is 0. The largest absolute Gasteiger partial charge is 0.433 e. The predicted octanol–water partition coefficient (Wildman–Crippen LogP) is 7.79. The molecule has 4 heterocycles. The maximum atomic E-state index is 13.2. The summed E-state index contributed by atoms with van der Waals surface area (Å²) in [6, 6.07) is 16.0. The van der Waals surface area contributed by atoms with Gasteiger partial charge < -0.3 is 20.4 Å². The minimum Gasteiger partial charge on any atom is -0.327 e. The number of halogens is 6. The summed E-state index contributed by atoms with van der Waals surface area (Å²) >= 11 is 0. The van der Waals surface area contributed by atoms with Crippen molar-refractivity contribution in [3.8, 4) is 0 Å². The van der Waals surface area contributed by atoms with E-state index in [0.29, 0.717) is 37.1 Å². The van der Waals surface area contributed by atoms with E-state index in [9.17, 15) is 45.5 Å². The highest BCUT2D eigenvalue weighted by Crippen LogP contribution is 2.31. The van der Waals surface area contributed by atoms with Gasteiger partial charge in [0.05, 0.1) is 22.5 Å². The van der Waals surface area contributed by atoms with Crippen LogP contribution in [-0.4, -0.2) is 68.6 Å². The van der Waals surface area contributed by atoms with E-state index in [4.69, 9.17) is 0 Å². The van der Waals surface area contributed by atoms with Crippen LogP contribution < -0.4 is 10.6 Å². The Balaban J connectivity index is 1.02. The van der Waals surface area contributed by atoms with Crippen LogP contribution in [0.1, 0.15) is 80.3 Å². The van der Waals surface area contributed by atoms with Crippen molar-refractivity contribution in [2.75, 3.05) is 23.7 Å². The molecule has 4 aromatic rings. The molecule has 0 unspecified atom stereocenters. The third-order valence-corrected chi connectivity index (χ3v) is 9.67. The van der Waals surface area contributed by atoms with Crippen molar-refractivity contribution in [1.82, 2.24) is 19.8 Å². The normalized spacial score (nSPS) is 17.4. The summed E-state index contributed by atoms with van der Waals surface area (Å²) in [6.45, 7) is 3.21. The van der Waals surface area contributed by atoms with Gasteiger partial charge in [-0.2, -0.15) is 26.3 Å². The molecule has 6 rings (SSSR count). The van der Waals surface area contributed by atoms with Crippen molar-refractivity contribution < 1.29 is 45.5 Å². The smallest absolute Gasteiger partial charge is 0.327 e. The minimum atomic E-state index is -4.64. The number of amides is 4. The Hall–Kier alpha value is -6.06.